The molecule has 5 rings (SSSR count). The minimum absolute atomic E-state index is 0.00293. The smallest absolute Gasteiger partial charge is 0.307 e. The van der Waals surface area contributed by atoms with E-state index in [-0.39, 0.29) is 25.4 Å². The number of anilines is 1. The number of ether oxygens (including phenoxy) is 1. The fourth-order valence-electron chi connectivity index (χ4n) is 4.18. The summed E-state index contributed by atoms with van der Waals surface area (Å²) in [5.41, 5.74) is 5.35. The van der Waals surface area contributed by atoms with Crippen molar-refractivity contribution < 1.29 is 19.4 Å². The molecule has 0 saturated carbocycles. The summed E-state index contributed by atoms with van der Waals surface area (Å²) in [5.74, 6) is -0.664. The van der Waals surface area contributed by atoms with Crippen LogP contribution in [0.15, 0.2) is 79.3 Å². The quantitative estimate of drug-likeness (QED) is 0.319. The van der Waals surface area contributed by atoms with Crippen LogP contribution in [0.4, 0.5) is 5.69 Å². The van der Waals surface area contributed by atoms with E-state index >= 15 is 0 Å². The van der Waals surface area contributed by atoms with Crippen LogP contribution in [0.1, 0.15) is 11.1 Å². The number of carboxylic acid groups (broad SMARTS) is 1. The van der Waals surface area contributed by atoms with Gasteiger partial charge in [-0.05, 0) is 41.5 Å². The maximum absolute atomic E-state index is 13.7. The van der Waals surface area contributed by atoms with Crippen molar-refractivity contribution in [3.63, 3.8) is 0 Å². The molecule has 0 atom stereocenters. The van der Waals surface area contributed by atoms with Gasteiger partial charge >= 0.3 is 5.97 Å². The molecule has 3 aromatic carbocycles. The first kappa shape index (κ1) is 23.7. The standard InChI is InChI=1S/C27H24N6O4/c1-37-25-12-18(6-7-20(25)13-27(35)36)15-32(21-10-8-19(9-11-21)23-14-28-17-29-23)26(34)16-33-24-5-3-2-4-22(24)30-31-33/h2-12,14,17H,13,15-16H2,1H3,(H,28,29)(H,35,36). The molecule has 10 nitrogen and oxygen atoms in total. The van der Waals surface area contributed by atoms with Gasteiger partial charge in [0.1, 0.15) is 17.8 Å². The number of aromatic amines is 1. The van der Waals surface area contributed by atoms with Crippen molar-refractivity contribution in [1.29, 1.82) is 0 Å². The first-order chi connectivity index (χ1) is 18.0. The van der Waals surface area contributed by atoms with Gasteiger partial charge in [-0.1, -0.05) is 41.6 Å². The summed E-state index contributed by atoms with van der Waals surface area (Å²) in [5, 5.41) is 17.5. The molecule has 2 aromatic heterocycles. The van der Waals surface area contributed by atoms with Gasteiger partial charge in [0.15, 0.2) is 0 Å². The Labute approximate surface area is 212 Å². The zero-order valence-electron chi connectivity index (χ0n) is 20.0. The molecule has 186 valence electrons. The lowest BCUT2D eigenvalue weighted by molar-refractivity contribution is -0.136. The summed E-state index contributed by atoms with van der Waals surface area (Å²) in [6.45, 7) is 0.246. The van der Waals surface area contributed by atoms with Crippen molar-refractivity contribution in [2.24, 2.45) is 0 Å². The van der Waals surface area contributed by atoms with E-state index in [2.05, 4.69) is 20.3 Å². The summed E-state index contributed by atoms with van der Waals surface area (Å²) in [6, 6.07) is 20.4. The predicted molar refractivity (Wildman–Crippen MR) is 137 cm³/mol. The van der Waals surface area contributed by atoms with E-state index in [1.54, 1.807) is 34.2 Å². The van der Waals surface area contributed by atoms with E-state index in [0.717, 1.165) is 22.3 Å². The van der Waals surface area contributed by atoms with Crippen LogP contribution in [-0.4, -0.2) is 49.1 Å². The SMILES string of the molecule is COc1cc(CN(C(=O)Cn2nnc3ccccc32)c2ccc(-c3cnc[nH]3)cc2)ccc1CC(=O)O. The highest BCUT2D eigenvalue weighted by atomic mass is 16.5. The van der Waals surface area contributed by atoms with E-state index in [4.69, 9.17) is 4.74 Å². The number of aromatic nitrogens is 5. The van der Waals surface area contributed by atoms with Crippen molar-refractivity contribution in [3.05, 3.63) is 90.4 Å². The molecule has 0 aliphatic rings. The van der Waals surface area contributed by atoms with Gasteiger partial charge in [0.25, 0.3) is 0 Å². The topological polar surface area (TPSA) is 126 Å². The van der Waals surface area contributed by atoms with Gasteiger partial charge in [-0.25, -0.2) is 9.67 Å². The fraction of sp³-hybridized carbons (Fsp3) is 0.148. The number of fused-ring (bicyclic) bond motifs is 1. The number of hydrogen-bond donors (Lipinski definition) is 2. The summed E-state index contributed by atoms with van der Waals surface area (Å²) in [7, 11) is 1.50. The van der Waals surface area contributed by atoms with Crippen LogP contribution in [-0.2, 0) is 29.1 Å². The second kappa shape index (κ2) is 10.3. The first-order valence-electron chi connectivity index (χ1n) is 11.6. The number of carbonyl (C=O) groups excluding carboxylic acids is 1. The molecule has 0 saturated heterocycles. The maximum atomic E-state index is 13.7. The van der Waals surface area contributed by atoms with E-state index in [1.807, 2.05) is 54.6 Å². The molecule has 0 spiro atoms. The lowest BCUT2D eigenvalue weighted by atomic mass is 10.1. The van der Waals surface area contributed by atoms with Crippen LogP contribution in [0, 0.1) is 0 Å². The average molecular weight is 497 g/mol. The number of nitrogens with one attached hydrogen (secondary N) is 1. The van der Waals surface area contributed by atoms with Crippen LogP contribution >= 0.6 is 0 Å². The molecular formula is C27H24N6O4. The predicted octanol–water partition coefficient (Wildman–Crippen LogP) is 3.69. The Kier molecular flexibility index (Phi) is 6.62. The van der Waals surface area contributed by atoms with Crippen molar-refractivity contribution in [2.75, 3.05) is 12.0 Å². The van der Waals surface area contributed by atoms with E-state index in [0.29, 0.717) is 22.5 Å². The highest BCUT2D eigenvalue weighted by Gasteiger charge is 2.20. The van der Waals surface area contributed by atoms with E-state index < -0.39 is 5.97 Å². The average Bonchev–Trinajstić information content (AvgIpc) is 3.59. The molecule has 5 aromatic rings. The molecule has 0 fully saturated rings. The van der Waals surface area contributed by atoms with Crippen LogP contribution in [0.25, 0.3) is 22.3 Å². The zero-order chi connectivity index (χ0) is 25.8. The number of nitrogens with zero attached hydrogens (tertiary/aromatic N) is 5. The molecule has 0 unspecified atom stereocenters. The van der Waals surface area contributed by atoms with Crippen LogP contribution in [0.3, 0.4) is 0 Å². The normalized spacial score (nSPS) is 10.9. The van der Waals surface area contributed by atoms with Gasteiger partial charge in [-0.3, -0.25) is 9.59 Å². The minimum Gasteiger partial charge on any atom is -0.496 e. The molecule has 0 aliphatic heterocycles. The third kappa shape index (κ3) is 5.18. The van der Waals surface area contributed by atoms with Gasteiger partial charge < -0.3 is 19.7 Å². The third-order valence-corrected chi connectivity index (χ3v) is 6.03. The number of benzene rings is 3. The maximum Gasteiger partial charge on any atom is 0.307 e. The second-order valence-electron chi connectivity index (χ2n) is 8.44. The Morgan fingerprint density at radius 3 is 2.62 bits per heavy atom. The highest BCUT2D eigenvalue weighted by Crippen LogP contribution is 2.26. The van der Waals surface area contributed by atoms with Crippen molar-refractivity contribution >= 4 is 28.6 Å². The molecule has 2 heterocycles. The molecule has 1 amide bonds. The number of carbonyl (C=O) groups is 2. The zero-order valence-corrected chi connectivity index (χ0v) is 20.0. The number of H-pyrrole nitrogens is 1. The monoisotopic (exact) mass is 496 g/mol. The summed E-state index contributed by atoms with van der Waals surface area (Å²) in [4.78, 5) is 33.7. The molecule has 37 heavy (non-hydrogen) atoms. The molecule has 0 radical (unpaired) electrons. The Bertz CT molecular complexity index is 1540. The Morgan fingerprint density at radius 1 is 1.08 bits per heavy atom. The molecule has 2 N–H and O–H groups in total. The van der Waals surface area contributed by atoms with Gasteiger partial charge in [0, 0.05) is 11.3 Å². The van der Waals surface area contributed by atoms with Crippen molar-refractivity contribution in [1.82, 2.24) is 25.0 Å². The number of amides is 1. The third-order valence-electron chi connectivity index (χ3n) is 6.03. The second-order valence-corrected chi connectivity index (χ2v) is 8.44. The number of para-hydroxylation sites is 1. The Balaban J connectivity index is 1.47. The van der Waals surface area contributed by atoms with Crippen LogP contribution < -0.4 is 9.64 Å². The van der Waals surface area contributed by atoms with Crippen LogP contribution in [0.2, 0.25) is 0 Å². The molecule has 10 heteroatoms. The largest absolute Gasteiger partial charge is 0.496 e. The summed E-state index contributed by atoms with van der Waals surface area (Å²) >= 11 is 0. The fourth-order valence-corrected chi connectivity index (χ4v) is 4.18. The number of carboxylic acids is 1. The lowest BCUT2D eigenvalue weighted by Gasteiger charge is -2.24. The van der Waals surface area contributed by atoms with Crippen molar-refractivity contribution in [2.45, 2.75) is 19.5 Å². The Morgan fingerprint density at radius 2 is 1.89 bits per heavy atom. The number of rotatable bonds is 9. The number of imidazole rings is 1. The first-order valence-corrected chi connectivity index (χ1v) is 11.6. The van der Waals surface area contributed by atoms with Gasteiger partial charge in [0.2, 0.25) is 5.91 Å². The van der Waals surface area contributed by atoms with Gasteiger partial charge in [-0.15, -0.1) is 5.10 Å². The minimum atomic E-state index is -0.944. The van der Waals surface area contributed by atoms with E-state index in [9.17, 15) is 14.7 Å². The lowest BCUT2D eigenvalue weighted by Crippen LogP contribution is -2.33. The van der Waals surface area contributed by atoms with E-state index in [1.165, 1.54) is 7.11 Å². The summed E-state index contributed by atoms with van der Waals surface area (Å²) < 4.78 is 7.01. The highest BCUT2D eigenvalue weighted by molar-refractivity contribution is 5.94. The molecular weight excluding hydrogens is 472 g/mol. The number of hydrogen-bond acceptors (Lipinski definition) is 6. The Hall–Kier alpha value is -4.99. The van der Waals surface area contributed by atoms with Crippen LogP contribution in [0.5, 0.6) is 5.75 Å². The van der Waals surface area contributed by atoms with Gasteiger partial charge in [-0.2, -0.15) is 0 Å². The van der Waals surface area contributed by atoms with Gasteiger partial charge in [0.05, 0.1) is 43.8 Å². The molecule has 0 bridgehead atoms. The van der Waals surface area contributed by atoms with Crippen molar-refractivity contribution in [3.8, 4) is 17.0 Å². The molecule has 0 aliphatic carbocycles. The number of aliphatic carboxylic acids is 1. The number of methoxy groups -OCH3 is 1. The summed E-state index contributed by atoms with van der Waals surface area (Å²) in [6.07, 6.45) is 3.20.